The molecule has 7 nitrogen and oxygen atoms in total. The number of aromatic amines is 1. The third kappa shape index (κ3) is 3.07. The maximum absolute atomic E-state index is 12.6. The molecule has 2 aromatic rings. The molecular formula is C20H23N3O4. The molecule has 1 aliphatic heterocycles. The molecule has 2 aliphatic rings. The molecule has 2 heterocycles. The molecule has 1 aromatic carbocycles. The first-order valence-electron chi connectivity index (χ1n) is 9.22. The second-order valence-corrected chi connectivity index (χ2v) is 7.49. The molecule has 27 heavy (non-hydrogen) atoms. The minimum absolute atomic E-state index is 0.0000495. The van der Waals surface area contributed by atoms with Gasteiger partial charge in [0.2, 0.25) is 5.91 Å². The maximum atomic E-state index is 12.6. The lowest BCUT2D eigenvalue weighted by molar-refractivity contribution is -0.130. The summed E-state index contributed by atoms with van der Waals surface area (Å²) in [6.07, 6.45) is 0.0533. The van der Waals surface area contributed by atoms with Gasteiger partial charge in [0.25, 0.3) is 5.56 Å². The Kier molecular flexibility index (Phi) is 4.57. The van der Waals surface area contributed by atoms with Gasteiger partial charge >= 0.3 is 0 Å². The van der Waals surface area contributed by atoms with Crippen molar-refractivity contribution in [1.82, 2.24) is 15.1 Å². The van der Waals surface area contributed by atoms with Crippen LogP contribution >= 0.6 is 0 Å². The first-order valence-corrected chi connectivity index (χ1v) is 9.22. The standard InChI is InChI=1S/C20H23N3O4/c24-11-15-19(13-4-2-1-3-5-13)20(15)12-23(10-16(20)25)18(27)9-7-14-6-8-17(26)22-21-14/h1-6,8,15-16,19,24-25H,7,9-12H2,(H,22,26)/t15-,16+,19-,20-/m1/s1. The highest BCUT2D eigenvalue weighted by Crippen LogP contribution is 2.68. The third-order valence-corrected chi connectivity index (χ3v) is 6.08. The third-order valence-electron chi connectivity index (χ3n) is 6.08. The molecular weight excluding hydrogens is 346 g/mol. The van der Waals surface area contributed by atoms with Crippen LogP contribution in [0.15, 0.2) is 47.3 Å². The largest absolute Gasteiger partial charge is 0.396 e. The second kappa shape index (κ2) is 6.90. The van der Waals surface area contributed by atoms with Crippen LogP contribution in [0.1, 0.15) is 23.6 Å². The van der Waals surface area contributed by atoms with Gasteiger partial charge in [0.05, 0.1) is 11.8 Å². The van der Waals surface area contributed by atoms with Gasteiger partial charge in [-0.15, -0.1) is 0 Å². The first kappa shape index (κ1) is 17.9. The van der Waals surface area contributed by atoms with Crippen LogP contribution in [-0.2, 0) is 11.2 Å². The molecule has 1 aromatic heterocycles. The summed E-state index contributed by atoms with van der Waals surface area (Å²) in [6, 6.07) is 12.9. The van der Waals surface area contributed by atoms with Crippen LogP contribution in [0.4, 0.5) is 0 Å². The number of hydrogen-bond acceptors (Lipinski definition) is 5. The van der Waals surface area contributed by atoms with E-state index in [0.717, 1.165) is 5.56 Å². The van der Waals surface area contributed by atoms with Crippen LogP contribution in [0.2, 0.25) is 0 Å². The monoisotopic (exact) mass is 369 g/mol. The number of rotatable bonds is 5. The van der Waals surface area contributed by atoms with Crippen molar-refractivity contribution < 1.29 is 15.0 Å². The van der Waals surface area contributed by atoms with Crippen molar-refractivity contribution in [3.63, 3.8) is 0 Å². The van der Waals surface area contributed by atoms with E-state index < -0.39 is 11.5 Å². The highest BCUT2D eigenvalue weighted by atomic mass is 16.3. The van der Waals surface area contributed by atoms with Crippen LogP contribution in [0.5, 0.6) is 0 Å². The average Bonchev–Trinajstić information content (AvgIpc) is 3.22. The zero-order valence-electron chi connectivity index (χ0n) is 14.9. The minimum atomic E-state index is -0.644. The van der Waals surface area contributed by atoms with Gasteiger partial charge in [0.1, 0.15) is 0 Å². The van der Waals surface area contributed by atoms with Crippen molar-refractivity contribution in [2.24, 2.45) is 11.3 Å². The molecule has 1 amide bonds. The molecule has 7 heteroatoms. The Bertz CT molecular complexity index is 864. The van der Waals surface area contributed by atoms with Gasteiger partial charge in [0.15, 0.2) is 0 Å². The van der Waals surface area contributed by atoms with Crippen molar-refractivity contribution in [3.05, 3.63) is 64.1 Å². The summed E-state index contributed by atoms with van der Waals surface area (Å²) in [5.41, 5.74) is 1.02. The molecule has 2 fully saturated rings. The number of β-amino-alcohol motifs (C(OH)–C–C–N with tert-alkyl or cyclic N) is 1. The summed E-state index contributed by atoms with van der Waals surface area (Å²) in [5, 5.41) is 26.8. The number of H-pyrrole nitrogens is 1. The predicted octanol–water partition coefficient (Wildman–Crippen LogP) is 0.298. The van der Waals surface area contributed by atoms with Gasteiger partial charge in [-0.2, -0.15) is 5.10 Å². The maximum Gasteiger partial charge on any atom is 0.264 e. The minimum Gasteiger partial charge on any atom is -0.396 e. The number of aryl methyl sites for hydroxylation is 1. The number of aliphatic hydroxyl groups is 2. The molecule has 3 N–H and O–H groups in total. The van der Waals surface area contributed by atoms with Crippen LogP contribution in [0.25, 0.3) is 0 Å². The molecule has 1 spiro atoms. The van der Waals surface area contributed by atoms with E-state index in [-0.39, 0.29) is 42.9 Å². The molecule has 0 radical (unpaired) electrons. The summed E-state index contributed by atoms with van der Waals surface area (Å²) in [5.74, 6) is -0.0137. The number of carbonyl (C=O) groups is 1. The second-order valence-electron chi connectivity index (χ2n) is 7.49. The van der Waals surface area contributed by atoms with Crippen LogP contribution in [-0.4, -0.2) is 57.0 Å². The van der Waals surface area contributed by atoms with Crippen molar-refractivity contribution in [1.29, 1.82) is 0 Å². The molecule has 4 atom stereocenters. The number of benzene rings is 1. The lowest BCUT2D eigenvalue weighted by Gasteiger charge is -2.16. The predicted molar refractivity (Wildman–Crippen MR) is 98.0 cm³/mol. The Balaban J connectivity index is 1.44. The number of carbonyl (C=O) groups excluding carboxylic acids is 1. The quantitative estimate of drug-likeness (QED) is 0.703. The van der Waals surface area contributed by atoms with Crippen molar-refractivity contribution in [2.75, 3.05) is 19.7 Å². The fraction of sp³-hybridized carbons (Fsp3) is 0.450. The number of hydrogen-bond donors (Lipinski definition) is 3. The summed E-state index contributed by atoms with van der Waals surface area (Å²) >= 11 is 0. The SMILES string of the molecule is O=C(CCc1ccc(=O)[nH]n1)N1C[C@H](O)[C@@]2(C1)[C@H](CO)[C@H]2c1ccccc1. The van der Waals surface area contributed by atoms with Crippen molar-refractivity contribution in [3.8, 4) is 0 Å². The number of nitrogens with zero attached hydrogens (tertiary/aromatic N) is 2. The van der Waals surface area contributed by atoms with Gasteiger partial charge in [-0.1, -0.05) is 30.3 Å². The van der Waals surface area contributed by atoms with E-state index in [0.29, 0.717) is 18.7 Å². The van der Waals surface area contributed by atoms with E-state index in [1.54, 1.807) is 11.0 Å². The van der Waals surface area contributed by atoms with E-state index in [4.69, 9.17) is 0 Å². The van der Waals surface area contributed by atoms with E-state index in [1.807, 2.05) is 30.3 Å². The van der Waals surface area contributed by atoms with Crippen LogP contribution in [0, 0.1) is 11.3 Å². The van der Waals surface area contributed by atoms with Gasteiger partial charge in [-0.05, 0) is 23.5 Å². The zero-order chi connectivity index (χ0) is 19.0. The fourth-order valence-electron chi connectivity index (χ4n) is 4.66. The number of amides is 1. The fourth-order valence-corrected chi connectivity index (χ4v) is 4.66. The highest BCUT2D eigenvalue weighted by Gasteiger charge is 2.71. The first-order chi connectivity index (χ1) is 13.1. The zero-order valence-corrected chi connectivity index (χ0v) is 14.9. The van der Waals surface area contributed by atoms with E-state index in [1.165, 1.54) is 6.07 Å². The topological polar surface area (TPSA) is 107 Å². The summed E-state index contributed by atoms with van der Waals surface area (Å²) < 4.78 is 0. The Morgan fingerprint density at radius 3 is 2.70 bits per heavy atom. The smallest absolute Gasteiger partial charge is 0.264 e. The van der Waals surface area contributed by atoms with Crippen LogP contribution in [0.3, 0.4) is 0 Å². The van der Waals surface area contributed by atoms with E-state index in [2.05, 4.69) is 10.2 Å². The molecule has 0 bridgehead atoms. The molecule has 1 aliphatic carbocycles. The number of likely N-dealkylation sites (tertiary alicyclic amines) is 1. The van der Waals surface area contributed by atoms with Crippen molar-refractivity contribution in [2.45, 2.75) is 24.9 Å². The Morgan fingerprint density at radius 2 is 2.04 bits per heavy atom. The lowest BCUT2D eigenvalue weighted by Crippen LogP contribution is -2.30. The van der Waals surface area contributed by atoms with E-state index >= 15 is 0 Å². The Morgan fingerprint density at radius 1 is 1.26 bits per heavy atom. The lowest BCUT2D eigenvalue weighted by atomic mass is 9.95. The summed E-state index contributed by atoms with van der Waals surface area (Å²) in [4.78, 5) is 25.4. The number of aliphatic hydroxyl groups excluding tert-OH is 2. The van der Waals surface area contributed by atoms with Gasteiger partial charge in [-0.25, -0.2) is 5.10 Å². The molecule has 1 saturated heterocycles. The summed E-state index contributed by atoms with van der Waals surface area (Å²) in [7, 11) is 0. The van der Waals surface area contributed by atoms with E-state index in [9.17, 15) is 19.8 Å². The van der Waals surface area contributed by atoms with Crippen molar-refractivity contribution >= 4 is 5.91 Å². The Hall–Kier alpha value is -2.51. The molecule has 0 unspecified atom stereocenters. The molecule has 1 saturated carbocycles. The van der Waals surface area contributed by atoms with Gasteiger partial charge < -0.3 is 15.1 Å². The normalized spacial score (nSPS) is 29.3. The number of aromatic nitrogens is 2. The van der Waals surface area contributed by atoms with Gasteiger partial charge in [-0.3, -0.25) is 9.59 Å². The van der Waals surface area contributed by atoms with Gasteiger partial charge in [0, 0.05) is 44.0 Å². The Labute approximate surface area is 156 Å². The average molecular weight is 369 g/mol. The number of nitrogens with one attached hydrogen (secondary N) is 1. The summed E-state index contributed by atoms with van der Waals surface area (Å²) in [6.45, 7) is 0.745. The highest BCUT2D eigenvalue weighted by molar-refractivity contribution is 5.77. The van der Waals surface area contributed by atoms with Crippen LogP contribution < -0.4 is 5.56 Å². The molecule has 142 valence electrons. The molecule has 4 rings (SSSR count).